The van der Waals surface area contributed by atoms with Crippen LogP contribution < -0.4 is 0 Å². The summed E-state index contributed by atoms with van der Waals surface area (Å²) < 4.78 is -1.19. The summed E-state index contributed by atoms with van der Waals surface area (Å²) in [7, 11) is 0. The lowest BCUT2D eigenvalue weighted by Crippen LogP contribution is -2.24. The highest BCUT2D eigenvalue weighted by atomic mass is 35.5. The van der Waals surface area contributed by atoms with Crippen molar-refractivity contribution in [3.05, 3.63) is 0 Å². The van der Waals surface area contributed by atoms with Crippen molar-refractivity contribution in [2.45, 2.75) is 24.6 Å². The van der Waals surface area contributed by atoms with Crippen LogP contribution in [0.15, 0.2) is 0 Å². The van der Waals surface area contributed by atoms with E-state index < -0.39 is 4.33 Å². The van der Waals surface area contributed by atoms with E-state index in [0.29, 0.717) is 6.29 Å². The zero-order valence-corrected chi connectivity index (χ0v) is 7.04. The maximum Gasteiger partial charge on any atom is 0.175 e. The monoisotopic (exact) mass is 168 g/mol. The molecule has 0 spiro atoms. The Morgan fingerprint density at radius 1 is 1.67 bits per heavy atom. The summed E-state index contributed by atoms with van der Waals surface area (Å²) in [5.74, 6) is 0.0262. The predicted octanol–water partition coefficient (Wildman–Crippen LogP) is 2.41. The van der Waals surface area contributed by atoms with Crippen molar-refractivity contribution in [3.63, 3.8) is 0 Å². The smallest absolute Gasteiger partial charge is 0.175 e. The van der Waals surface area contributed by atoms with Gasteiger partial charge in [-0.25, -0.2) is 0 Å². The minimum Gasteiger partial charge on any atom is -0.300 e. The molecule has 0 saturated carbocycles. The first-order valence-corrected chi connectivity index (χ1v) is 3.64. The molecule has 54 valence electrons. The molecule has 0 aliphatic rings. The number of carbonyl (C=O) groups is 1. The molecule has 0 rings (SSSR count). The van der Waals surface area contributed by atoms with Gasteiger partial charge in [0.1, 0.15) is 0 Å². The second-order valence-electron chi connectivity index (χ2n) is 2.10. The number of halogens is 2. The maximum atomic E-state index is 10.2. The summed E-state index contributed by atoms with van der Waals surface area (Å²) in [6.45, 7) is 3.78. The Kier molecular flexibility index (Phi) is 3.52. The summed E-state index contributed by atoms with van der Waals surface area (Å²) in [6.07, 6.45) is 1.38. The predicted molar refractivity (Wildman–Crippen MR) is 40.0 cm³/mol. The molecule has 9 heavy (non-hydrogen) atoms. The highest BCUT2D eigenvalue weighted by Gasteiger charge is 2.29. The molecule has 1 nitrogen and oxygen atoms in total. The molecule has 0 saturated heterocycles. The average molecular weight is 169 g/mol. The molecular weight excluding hydrogens is 159 g/mol. The molecular formula is C6H10Cl2O. The van der Waals surface area contributed by atoms with E-state index in [4.69, 9.17) is 23.2 Å². The Hall–Kier alpha value is 0.250. The first kappa shape index (κ1) is 9.25. The minimum atomic E-state index is -1.19. The number of rotatable bonds is 3. The highest BCUT2D eigenvalue weighted by Crippen LogP contribution is 2.29. The van der Waals surface area contributed by atoms with Crippen molar-refractivity contribution < 1.29 is 4.79 Å². The number of aldehydes is 1. The molecule has 0 aromatic carbocycles. The van der Waals surface area contributed by atoms with E-state index in [-0.39, 0.29) is 5.92 Å². The minimum absolute atomic E-state index is 0.0262. The second kappa shape index (κ2) is 3.43. The molecule has 0 aliphatic carbocycles. The summed E-state index contributed by atoms with van der Waals surface area (Å²) in [5.41, 5.74) is 0. The lowest BCUT2D eigenvalue weighted by molar-refractivity contribution is -0.109. The van der Waals surface area contributed by atoms with Crippen molar-refractivity contribution in [1.82, 2.24) is 0 Å². The van der Waals surface area contributed by atoms with Crippen LogP contribution in [0, 0.1) is 5.92 Å². The molecule has 0 N–H and O–H groups in total. The van der Waals surface area contributed by atoms with Crippen LogP contribution in [0.2, 0.25) is 0 Å². The van der Waals surface area contributed by atoms with Gasteiger partial charge in [-0.1, -0.05) is 43.5 Å². The summed E-state index contributed by atoms with van der Waals surface area (Å²) >= 11 is 11.1. The van der Waals surface area contributed by atoms with E-state index in [1.165, 1.54) is 0 Å². The molecule has 0 fully saturated rings. The molecule has 0 aliphatic heterocycles. The summed E-state index contributed by atoms with van der Waals surface area (Å²) in [6, 6.07) is 0. The Balaban J connectivity index is 3.95. The molecule has 0 aromatic rings. The van der Waals surface area contributed by atoms with Gasteiger partial charge in [0, 0.05) is 0 Å². The third-order valence-corrected chi connectivity index (χ3v) is 2.35. The van der Waals surface area contributed by atoms with E-state index in [1.54, 1.807) is 0 Å². The van der Waals surface area contributed by atoms with Crippen molar-refractivity contribution in [3.8, 4) is 0 Å². The van der Waals surface area contributed by atoms with E-state index in [9.17, 15) is 4.79 Å². The fraction of sp³-hybridized carbons (Fsp3) is 0.833. The topological polar surface area (TPSA) is 17.1 Å². The number of alkyl halides is 2. The van der Waals surface area contributed by atoms with Gasteiger partial charge in [0.25, 0.3) is 0 Å². The average Bonchev–Trinajstić information content (AvgIpc) is 1.86. The number of carbonyl (C=O) groups excluding carboxylic acids is 1. The number of hydrogen-bond donors (Lipinski definition) is 0. The zero-order valence-electron chi connectivity index (χ0n) is 5.53. The largest absolute Gasteiger partial charge is 0.300 e. The SMILES string of the molecule is CCC(C)C(Cl)(Cl)C=O. The lowest BCUT2D eigenvalue weighted by Gasteiger charge is -2.18. The van der Waals surface area contributed by atoms with Crippen LogP contribution in [-0.2, 0) is 4.79 Å². The normalized spacial score (nSPS) is 15.1. The van der Waals surface area contributed by atoms with Crippen LogP contribution in [0.3, 0.4) is 0 Å². The number of hydrogen-bond acceptors (Lipinski definition) is 1. The summed E-state index contributed by atoms with van der Waals surface area (Å²) in [5, 5.41) is 0. The van der Waals surface area contributed by atoms with Gasteiger partial charge in [-0.05, 0) is 5.92 Å². The van der Waals surface area contributed by atoms with Crippen LogP contribution in [0.1, 0.15) is 20.3 Å². The van der Waals surface area contributed by atoms with Crippen molar-refractivity contribution in [2.75, 3.05) is 0 Å². The molecule has 0 aromatic heterocycles. The van der Waals surface area contributed by atoms with Gasteiger partial charge in [-0.2, -0.15) is 0 Å². The van der Waals surface area contributed by atoms with Crippen LogP contribution in [0.25, 0.3) is 0 Å². The fourth-order valence-corrected chi connectivity index (χ4v) is 0.697. The van der Waals surface area contributed by atoms with Crippen LogP contribution >= 0.6 is 23.2 Å². The van der Waals surface area contributed by atoms with Gasteiger partial charge < -0.3 is 4.79 Å². The molecule has 0 amide bonds. The van der Waals surface area contributed by atoms with Crippen molar-refractivity contribution >= 4 is 29.5 Å². The van der Waals surface area contributed by atoms with Gasteiger partial charge >= 0.3 is 0 Å². The molecule has 3 heteroatoms. The van der Waals surface area contributed by atoms with E-state index in [1.807, 2.05) is 13.8 Å². The Morgan fingerprint density at radius 2 is 2.11 bits per heavy atom. The van der Waals surface area contributed by atoms with Crippen LogP contribution in [-0.4, -0.2) is 10.6 Å². The lowest BCUT2D eigenvalue weighted by atomic mass is 10.1. The first-order valence-electron chi connectivity index (χ1n) is 2.88. The Labute approximate surface area is 65.3 Å². The Morgan fingerprint density at radius 3 is 2.22 bits per heavy atom. The van der Waals surface area contributed by atoms with Crippen molar-refractivity contribution in [2.24, 2.45) is 5.92 Å². The second-order valence-corrected chi connectivity index (χ2v) is 3.55. The van der Waals surface area contributed by atoms with Gasteiger partial charge in [0.15, 0.2) is 10.6 Å². The molecule has 0 radical (unpaired) electrons. The van der Waals surface area contributed by atoms with Gasteiger partial charge in [0.2, 0.25) is 0 Å². The quantitative estimate of drug-likeness (QED) is 0.468. The van der Waals surface area contributed by atoms with Crippen LogP contribution in [0.5, 0.6) is 0 Å². The van der Waals surface area contributed by atoms with Gasteiger partial charge in [0.05, 0.1) is 0 Å². The first-order chi connectivity index (χ1) is 4.04. The van der Waals surface area contributed by atoms with E-state index in [0.717, 1.165) is 6.42 Å². The van der Waals surface area contributed by atoms with Gasteiger partial charge in [-0.15, -0.1) is 0 Å². The third-order valence-electron chi connectivity index (χ3n) is 1.43. The van der Waals surface area contributed by atoms with Crippen LogP contribution in [0.4, 0.5) is 0 Å². The zero-order chi connectivity index (χ0) is 7.49. The maximum absolute atomic E-state index is 10.2. The standard InChI is InChI=1S/C6H10Cl2O/c1-3-5(2)6(7,8)4-9/h4-5H,3H2,1-2H3. The Bertz CT molecular complexity index is 101. The summed E-state index contributed by atoms with van der Waals surface area (Å²) in [4.78, 5) is 10.2. The van der Waals surface area contributed by atoms with E-state index >= 15 is 0 Å². The third kappa shape index (κ3) is 2.55. The fourth-order valence-electron chi connectivity index (χ4n) is 0.388. The molecule has 1 atom stereocenters. The van der Waals surface area contributed by atoms with Crippen molar-refractivity contribution in [1.29, 1.82) is 0 Å². The van der Waals surface area contributed by atoms with Gasteiger partial charge in [-0.3, -0.25) is 0 Å². The molecule has 0 heterocycles. The molecule has 0 bridgehead atoms. The highest BCUT2D eigenvalue weighted by molar-refractivity contribution is 6.55. The molecule has 1 unspecified atom stereocenters. The van der Waals surface area contributed by atoms with E-state index in [2.05, 4.69) is 0 Å².